The van der Waals surface area contributed by atoms with E-state index in [0.717, 1.165) is 23.6 Å². The molecule has 2 aromatic rings. The van der Waals surface area contributed by atoms with Gasteiger partial charge in [-0.05, 0) is 67.2 Å². The lowest BCUT2D eigenvalue weighted by Crippen LogP contribution is -2.35. The molecule has 0 saturated heterocycles. The van der Waals surface area contributed by atoms with Crippen LogP contribution in [0.25, 0.3) is 0 Å². The van der Waals surface area contributed by atoms with E-state index >= 15 is 0 Å². The van der Waals surface area contributed by atoms with Crippen molar-refractivity contribution < 1.29 is 4.79 Å². The van der Waals surface area contributed by atoms with Gasteiger partial charge in [0.25, 0.3) is 0 Å². The number of rotatable bonds is 6. The van der Waals surface area contributed by atoms with Crippen molar-refractivity contribution in [1.29, 1.82) is 0 Å². The second-order valence-corrected chi connectivity index (χ2v) is 8.39. The first-order valence-corrected chi connectivity index (χ1v) is 11.1. The predicted octanol–water partition coefficient (Wildman–Crippen LogP) is 4.50. The highest BCUT2D eigenvalue weighted by Gasteiger charge is 2.27. The molecule has 0 bridgehead atoms. The van der Waals surface area contributed by atoms with Gasteiger partial charge in [0, 0.05) is 29.2 Å². The molecule has 2 aliphatic rings. The number of nitrogens with two attached hydrogens (primary N) is 1. The molecule has 0 spiro atoms. The fourth-order valence-electron chi connectivity index (χ4n) is 3.72. The van der Waals surface area contributed by atoms with Gasteiger partial charge < -0.3 is 10.6 Å². The smallest absolute Gasteiger partial charge is 0.225 e. The Kier molecular flexibility index (Phi) is 6.29. The van der Waals surface area contributed by atoms with E-state index in [4.69, 9.17) is 18.0 Å². The number of nitrogens with one attached hydrogen (secondary N) is 2. The van der Waals surface area contributed by atoms with Crippen LogP contribution in [0, 0.1) is 0 Å². The van der Waals surface area contributed by atoms with Crippen molar-refractivity contribution in [3.8, 4) is 0 Å². The number of anilines is 3. The van der Waals surface area contributed by atoms with Crippen molar-refractivity contribution >= 4 is 52.6 Å². The first kappa shape index (κ1) is 21.0. The quantitative estimate of drug-likeness (QED) is 0.341. The predicted molar refractivity (Wildman–Crippen MR) is 133 cm³/mol. The van der Waals surface area contributed by atoms with E-state index in [0.29, 0.717) is 12.8 Å². The van der Waals surface area contributed by atoms with E-state index in [-0.39, 0.29) is 5.11 Å². The van der Waals surface area contributed by atoms with E-state index in [1.54, 1.807) is 11.8 Å². The van der Waals surface area contributed by atoms with Crippen molar-refractivity contribution in [1.82, 2.24) is 5.43 Å². The Morgan fingerprint density at radius 2 is 2.03 bits per heavy atom. The highest BCUT2D eigenvalue weighted by molar-refractivity contribution is 8.03. The Hall–Kier alpha value is -3.23. The highest BCUT2D eigenvalue weighted by atomic mass is 32.2. The zero-order valence-electron chi connectivity index (χ0n) is 17.0. The number of nitrogens with zero attached hydrogens (tertiary/aromatic N) is 2. The van der Waals surface area contributed by atoms with Crippen molar-refractivity contribution in [3.63, 3.8) is 0 Å². The van der Waals surface area contributed by atoms with Gasteiger partial charge in [0.05, 0.1) is 16.4 Å². The number of hydrogen-bond donors (Lipinski definition) is 3. The molecule has 8 heteroatoms. The third kappa shape index (κ3) is 4.30. The maximum atomic E-state index is 10.5. The summed E-state index contributed by atoms with van der Waals surface area (Å²) in [5.74, 6) is 0. The molecule has 2 aromatic carbocycles. The van der Waals surface area contributed by atoms with E-state index in [2.05, 4.69) is 53.0 Å². The summed E-state index contributed by atoms with van der Waals surface area (Å²) in [5.41, 5.74) is 16.5. The largest absolute Gasteiger partial charge is 0.376 e. The lowest BCUT2D eigenvalue weighted by molar-refractivity contribution is -0.109. The Morgan fingerprint density at radius 3 is 2.74 bits per heavy atom. The second-order valence-electron chi connectivity index (χ2n) is 6.95. The van der Waals surface area contributed by atoms with Crippen LogP contribution in [0.3, 0.4) is 0 Å². The number of fused-ring (bicyclic) bond motifs is 1. The fourth-order valence-corrected chi connectivity index (χ4v) is 5.19. The van der Waals surface area contributed by atoms with Gasteiger partial charge in [0.2, 0.25) is 6.41 Å². The van der Waals surface area contributed by atoms with Gasteiger partial charge in [-0.2, -0.15) is 0 Å². The SMILES string of the molecule is CCN1C(=C2C=CC=C(N(C(N)=S)c3ccc(NNC=O)cc3)C2)Sc2ccccc21. The minimum absolute atomic E-state index is 0.285. The molecule has 0 aromatic heterocycles. The molecule has 0 saturated carbocycles. The van der Waals surface area contributed by atoms with Crippen LogP contribution in [-0.4, -0.2) is 18.1 Å². The van der Waals surface area contributed by atoms with E-state index in [1.165, 1.54) is 21.2 Å². The standard InChI is InChI=1S/C23H23N5OS2/c1-2-27-20-8-3-4-9-21(20)31-22(27)16-6-5-7-19(14-16)28(23(24)30)18-12-10-17(11-13-18)26-25-15-29/h3-13,15,26H,2,14H2,1H3,(H2,24,30)(H,25,29). The maximum absolute atomic E-state index is 10.5. The van der Waals surface area contributed by atoms with Crippen LogP contribution in [-0.2, 0) is 4.79 Å². The van der Waals surface area contributed by atoms with E-state index in [9.17, 15) is 4.79 Å². The molecular formula is C23H23N5OS2. The zero-order chi connectivity index (χ0) is 21.8. The number of hydrazine groups is 1. The maximum Gasteiger partial charge on any atom is 0.225 e. The van der Waals surface area contributed by atoms with Crippen molar-refractivity contribution in [2.24, 2.45) is 5.73 Å². The number of carbonyl (C=O) groups is 1. The number of amides is 1. The summed E-state index contributed by atoms with van der Waals surface area (Å²) in [6, 6.07) is 16.0. The normalized spacial score (nSPS) is 17.1. The van der Waals surface area contributed by atoms with E-state index < -0.39 is 0 Å². The molecule has 4 N–H and O–H groups in total. The Labute approximate surface area is 191 Å². The number of para-hydroxylation sites is 1. The van der Waals surface area contributed by atoms with Gasteiger partial charge in [-0.15, -0.1) is 0 Å². The van der Waals surface area contributed by atoms with Crippen LogP contribution >= 0.6 is 24.0 Å². The average Bonchev–Trinajstić information content (AvgIpc) is 3.17. The van der Waals surface area contributed by atoms with Crippen molar-refractivity contribution in [2.75, 3.05) is 21.8 Å². The lowest BCUT2D eigenvalue weighted by atomic mass is 10.0. The van der Waals surface area contributed by atoms with Gasteiger partial charge in [-0.1, -0.05) is 36.0 Å². The third-order valence-corrected chi connectivity index (χ3v) is 6.49. The van der Waals surface area contributed by atoms with Crippen LogP contribution < -0.4 is 26.4 Å². The average molecular weight is 450 g/mol. The molecule has 1 aliphatic heterocycles. The van der Waals surface area contributed by atoms with Crippen molar-refractivity contribution in [2.45, 2.75) is 18.2 Å². The monoisotopic (exact) mass is 449 g/mol. The minimum atomic E-state index is 0.285. The van der Waals surface area contributed by atoms with Gasteiger partial charge in [0.15, 0.2) is 5.11 Å². The van der Waals surface area contributed by atoms with E-state index in [1.807, 2.05) is 41.3 Å². The summed E-state index contributed by atoms with van der Waals surface area (Å²) in [5, 5.41) is 1.53. The summed E-state index contributed by atoms with van der Waals surface area (Å²) in [4.78, 5) is 16.0. The second kappa shape index (κ2) is 9.28. The minimum Gasteiger partial charge on any atom is -0.376 e. The third-order valence-electron chi connectivity index (χ3n) is 5.06. The molecule has 0 radical (unpaired) electrons. The molecular weight excluding hydrogens is 426 g/mol. The fraction of sp³-hybridized carbons (Fsp3) is 0.130. The topological polar surface area (TPSA) is 73.6 Å². The molecule has 158 valence electrons. The van der Waals surface area contributed by atoms with Gasteiger partial charge in [0.1, 0.15) is 0 Å². The summed E-state index contributed by atoms with van der Waals surface area (Å²) >= 11 is 7.20. The number of allylic oxidation sites excluding steroid dienone is 4. The lowest BCUT2D eigenvalue weighted by Gasteiger charge is -2.29. The number of thioether (sulfide) groups is 1. The van der Waals surface area contributed by atoms with Crippen LogP contribution in [0.1, 0.15) is 13.3 Å². The Balaban J connectivity index is 1.62. The molecule has 1 amide bonds. The molecule has 1 heterocycles. The Morgan fingerprint density at radius 1 is 1.26 bits per heavy atom. The molecule has 0 unspecified atom stereocenters. The Bertz CT molecular complexity index is 1090. The van der Waals surface area contributed by atoms with Gasteiger partial charge >= 0.3 is 0 Å². The van der Waals surface area contributed by atoms with Crippen LogP contribution in [0.15, 0.2) is 88.0 Å². The summed E-state index contributed by atoms with van der Waals surface area (Å²) < 4.78 is 0. The van der Waals surface area contributed by atoms with Crippen molar-refractivity contribution in [3.05, 3.63) is 83.1 Å². The van der Waals surface area contributed by atoms with Crippen LogP contribution in [0.4, 0.5) is 17.1 Å². The van der Waals surface area contributed by atoms with Crippen LogP contribution in [0.2, 0.25) is 0 Å². The molecule has 1 aliphatic carbocycles. The number of benzene rings is 2. The summed E-state index contributed by atoms with van der Waals surface area (Å²) in [6.07, 6.45) is 7.56. The molecule has 6 nitrogen and oxygen atoms in total. The van der Waals surface area contributed by atoms with Gasteiger partial charge in [-0.25, -0.2) is 0 Å². The zero-order valence-corrected chi connectivity index (χ0v) is 18.7. The molecule has 0 fully saturated rings. The van der Waals surface area contributed by atoms with Gasteiger partial charge in [-0.3, -0.25) is 20.5 Å². The number of thiocarbonyl (C=S) groups is 1. The number of carbonyl (C=O) groups excluding carboxylic acids is 1. The number of hydrogen-bond acceptors (Lipinski definition) is 5. The summed E-state index contributed by atoms with van der Waals surface area (Å²) in [7, 11) is 0. The summed E-state index contributed by atoms with van der Waals surface area (Å²) in [6.45, 7) is 3.07. The highest BCUT2D eigenvalue weighted by Crippen LogP contribution is 2.48. The molecule has 0 atom stereocenters. The first-order valence-electron chi connectivity index (χ1n) is 9.92. The van der Waals surface area contributed by atoms with Crippen LogP contribution in [0.5, 0.6) is 0 Å². The molecule has 31 heavy (non-hydrogen) atoms. The first-order chi connectivity index (χ1) is 15.1. The molecule has 4 rings (SSSR count).